The molecule has 0 bridgehead atoms. The van der Waals surface area contributed by atoms with E-state index in [9.17, 15) is 4.79 Å². The highest BCUT2D eigenvalue weighted by Crippen LogP contribution is 2.26. The van der Waals surface area contributed by atoms with E-state index in [2.05, 4.69) is 15.3 Å². The van der Waals surface area contributed by atoms with Crippen LogP contribution in [0.3, 0.4) is 0 Å². The van der Waals surface area contributed by atoms with Crippen LogP contribution in [0.25, 0.3) is 0 Å². The Morgan fingerprint density at radius 1 is 1.12 bits per heavy atom. The average Bonchev–Trinajstić information content (AvgIpc) is 2.60. The van der Waals surface area contributed by atoms with Crippen molar-refractivity contribution in [3.8, 4) is 11.5 Å². The predicted octanol–water partition coefficient (Wildman–Crippen LogP) is 4.18. The van der Waals surface area contributed by atoms with Crippen LogP contribution in [0.15, 0.2) is 59.5 Å². The maximum atomic E-state index is 11.2. The summed E-state index contributed by atoms with van der Waals surface area (Å²) in [7, 11) is 0. The van der Waals surface area contributed by atoms with Crippen molar-refractivity contribution >= 4 is 17.5 Å². The van der Waals surface area contributed by atoms with Crippen LogP contribution in [-0.2, 0) is 6.42 Å². The van der Waals surface area contributed by atoms with Crippen molar-refractivity contribution in [1.29, 1.82) is 0 Å². The van der Waals surface area contributed by atoms with E-state index in [0.29, 0.717) is 12.5 Å². The Morgan fingerprint density at radius 3 is 2.60 bits per heavy atom. The van der Waals surface area contributed by atoms with E-state index in [-0.39, 0.29) is 5.56 Å². The standard InChI is InChI=1S/C19H18ClN3O2/c1-13-12-16(6-7-17(13)20)25-15-4-2-14(3-5-15)8-10-21-19-22-11-9-18(24)23-19/h2-7,9,11-12H,8,10H2,1H3,(H2,21,22,23,24). The summed E-state index contributed by atoms with van der Waals surface area (Å²) in [5.41, 5.74) is 1.88. The second-order valence-corrected chi connectivity index (χ2v) is 6.02. The summed E-state index contributed by atoms with van der Waals surface area (Å²) in [6.07, 6.45) is 2.38. The molecule has 0 saturated heterocycles. The summed E-state index contributed by atoms with van der Waals surface area (Å²) in [5, 5.41) is 3.82. The smallest absolute Gasteiger partial charge is 0.274 e. The molecule has 0 aliphatic rings. The average molecular weight is 356 g/mol. The van der Waals surface area contributed by atoms with Gasteiger partial charge in [0.05, 0.1) is 0 Å². The fraction of sp³-hybridized carbons (Fsp3) is 0.158. The summed E-state index contributed by atoms with van der Waals surface area (Å²) in [6.45, 7) is 2.61. The molecule has 0 unspecified atom stereocenters. The van der Waals surface area contributed by atoms with Crippen LogP contribution in [0.1, 0.15) is 11.1 Å². The van der Waals surface area contributed by atoms with Gasteiger partial charge in [0.1, 0.15) is 11.5 Å². The van der Waals surface area contributed by atoms with Crippen LogP contribution >= 0.6 is 11.6 Å². The lowest BCUT2D eigenvalue weighted by molar-refractivity contribution is 0.482. The summed E-state index contributed by atoms with van der Waals surface area (Å²) in [4.78, 5) is 17.9. The van der Waals surface area contributed by atoms with E-state index in [0.717, 1.165) is 34.1 Å². The van der Waals surface area contributed by atoms with Gasteiger partial charge in [-0.25, -0.2) is 0 Å². The molecule has 0 aliphatic heterocycles. The lowest BCUT2D eigenvalue weighted by Gasteiger charge is -2.09. The van der Waals surface area contributed by atoms with E-state index in [4.69, 9.17) is 16.3 Å². The van der Waals surface area contributed by atoms with Crippen molar-refractivity contribution in [3.05, 3.63) is 81.2 Å². The van der Waals surface area contributed by atoms with E-state index in [1.165, 1.54) is 6.07 Å². The third-order valence-electron chi connectivity index (χ3n) is 3.66. The zero-order chi connectivity index (χ0) is 17.6. The number of aromatic nitrogens is 2. The predicted molar refractivity (Wildman–Crippen MR) is 99.8 cm³/mol. The van der Waals surface area contributed by atoms with Gasteiger partial charge in [-0.1, -0.05) is 23.7 Å². The normalized spacial score (nSPS) is 10.5. The summed E-state index contributed by atoms with van der Waals surface area (Å²) < 4.78 is 5.83. The Morgan fingerprint density at radius 2 is 1.88 bits per heavy atom. The van der Waals surface area contributed by atoms with Gasteiger partial charge in [0.15, 0.2) is 0 Å². The van der Waals surface area contributed by atoms with Crippen LogP contribution in [0.2, 0.25) is 5.02 Å². The SMILES string of the molecule is Cc1cc(Oc2ccc(CCNc3nc(=O)cc[nH]3)cc2)ccc1Cl. The number of hydrogen-bond donors (Lipinski definition) is 2. The van der Waals surface area contributed by atoms with Gasteiger partial charge in [-0.3, -0.25) is 4.79 Å². The van der Waals surface area contributed by atoms with Crippen molar-refractivity contribution in [1.82, 2.24) is 9.97 Å². The summed E-state index contributed by atoms with van der Waals surface area (Å²) in [5.74, 6) is 2.01. The van der Waals surface area contributed by atoms with E-state index in [1.807, 2.05) is 49.4 Å². The maximum Gasteiger partial charge on any atom is 0.274 e. The number of hydrogen-bond acceptors (Lipinski definition) is 4. The molecule has 0 atom stereocenters. The molecule has 25 heavy (non-hydrogen) atoms. The van der Waals surface area contributed by atoms with Gasteiger partial charge in [0, 0.05) is 23.8 Å². The number of aryl methyl sites for hydroxylation is 1. The molecular weight excluding hydrogens is 338 g/mol. The number of nitrogens with zero attached hydrogens (tertiary/aromatic N) is 1. The molecule has 0 fully saturated rings. The lowest BCUT2D eigenvalue weighted by Crippen LogP contribution is -2.13. The molecule has 1 heterocycles. The van der Waals surface area contributed by atoms with Gasteiger partial charge in [-0.15, -0.1) is 0 Å². The topological polar surface area (TPSA) is 67.0 Å². The Bertz CT molecular complexity index is 907. The van der Waals surface area contributed by atoms with Gasteiger partial charge in [-0.2, -0.15) is 4.98 Å². The van der Waals surface area contributed by atoms with Crippen molar-refractivity contribution in [2.75, 3.05) is 11.9 Å². The van der Waals surface area contributed by atoms with Gasteiger partial charge < -0.3 is 15.0 Å². The number of ether oxygens (including phenoxy) is 1. The zero-order valence-corrected chi connectivity index (χ0v) is 14.5. The van der Waals surface area contributed by atoms with E-state index >= 15 is 0 Å². The van der Waals surface area contributed by atoms with Crippen LogP contribution in [-0.4, -0.2) is 16.5 Å². The Labute approximate surface area is 150 Å². The highest BCUT2D eigenvalue weighted by molar-refractivity contribution is 6.31. The Hall–Kier alpha value is -2.79. The Kier molecular flexibility index (Phi) is 5.36. The molecule has 6 heteroatoms. The molecule has 5 nitrogen and oxygen atoms in total. The van der Waals surface area contributed by atoms with Crippen molar-refractivity contribution in [3.63, 3.8) is 0 Å². The number of aromatic amines is 1. The number of H-pyrrole nitrogens is 1. The zero-order valence-electron chi connectivity index (χ0n) is 13.8. The third kappa shape index (κ3) is 4.84. The number of benzene rings is 2. The number of rotatable bonds is 6. The maximum absolute atomic E-state index is 11.2. The highest BCUT2D eigenvalue weighted by Gasteiger charge is 2.02. The van der Waals surface area contributed by atoms with Crippen LogP contribution < -0.4 is 15.6 Å². The second-order valence-electron chi connectivity index (χ2n) is 5.61. The molecule has 3 aromatic rings. The molecule has 0 aliphatic carbocycles. The highest BCUT2D eigenvalue weighted by atomic mass is 35.5. The Balaban J connectivity index is 1.54. The van der Waals surface area contributed by atoms with Crippen molar-refractivity contribution in [2.24, 2.45) is 0 Å². The van der Waals surface area contributed by atoms with Gasteiger partial charge >= 0.3 is 0 Å². The molecule has 3 rings (SSSR count). The minimum Gasteiger partial charge on any atom is -0.457 e. The third-order valence-corrected chi connectivity index (χ3v) is 4.09. The first-order valence-corrected chi connectivity index (χ1v) is 8.30. The van der Waals surface area contributed by atoms with Crippen LogP contribution in [0.4, 0.5) is 5.95 Å². The van der Waals surface area contributed by atoms with E-state index in [1.54, 1.807) is 6.20 Å². The monoisotopic (exact) mass is 355 g/mol. The number of nitrogens with one attached hydrogen (secondary N) is 2. The largest absolute Gasteiger partial charge is 0.457 e. The minimum absolute atomic E-state index is 0.264. The number of anilines is 1. The minimum atomic E-state index is -0.264. The molecule has 0 radical (unpaired) electrons. The first-order valence-electron chi connectivity index (χ1n) is 7.93. The van der Waals surface area contributed by atoms with Gasteiger partial charge in [0.2, 0.25) is 5.95 Å². The first-order chi connectivity index (χ1) is 12.1. The van der Waals surface area contributed by atoms with Crippen molar-refractivity contribution < 1.29 is 4.74 Å². The number of halogens is 1. The molecule has 0 spiro atoms. The van der Waals surface area contributed by atoms with Crippen LogP contribution in [0, 0.1) is 6.92 Å². The van der Waals surface area contributed by atoms with Gasteiger partial charge in [-0.05, 0) is 54.8 Å². The molecule has 2 aromatic carbocycles. The molecule has 128 valence electrons. The second kappa shape index (κ2) is 7.85. The first kappa shape index (κ1) is 17.0. The fourth-order valence-electron chi connectivity index (χ4n) is 2.33. The molecule has 0 amide bonds. The van der Waals surface area contributed by atoms with Crippen molar-refractivity contribution in [2.45, 2.75) is 13.3 Å². The molecule has 0 saturated carbocycles. The van der Waals surface area contributed by atoms with Crippen LogP contribution in [0.5, 0.6) is 11.5 Å². The molecule has 1 aromatic heterocycles. The van der Waals surface area contributed by atoms with Gasteiger partial charge in [0.25, 0.3) is 5.56 Å². The lowest BCUT2D eigenvalue weighted by atomic mass is 10.1. The van der Waals surface area contributed by atoms with E-state index < -0.39 is 0 Å². The summed E-state index contributed by atoms with van der Waals surface area (Å²) in [6, 6.07) is 14.9. The summed E-state index contributed by atoms with van der Waals surface area (Å²) >= 11 is 6.02. The fourth-order valence-corrected chi connectivity index (χ4v) is 2.45. The molecular formula is C19H18ClN3O2. The molecule has 2 N–H and O–H groups in total. The quantitative estimate of drug-likeness (QED) is 0.696.